The van der Waals surface area contributed by atoms with Crippen LogP contribution < -0.4 is 16.0 Å². The molecule has 0 aliphatic heterocycles. The summed E-state index contributed by atoms with van der Waals surface area (Å²) in [5.74, 6) is 0.772. The first-order valence-corrected chi connectivity index (χ1v) is 8.21. The zero-order valence-electron chi connectivity index (χ0n) is 12.6. The van der Waals surface area contributed by atoms with E-state index in [-0.39, 0.29) is 0 Å². The number of rotatable bonds is 1. The van der Waals surface area contributed by atoms with Crippen LogP contribution in [0.4, 0.5) is 0 Å². The highest BCUT2D eigenvalue weighted by atomic mass is 32.1. The average Bonchev–Trinajstić information content (AvgIpc) is 2.60. The van der Waals surface area contributed by atoms with Crippen LogP contribution in [0, 0.1) is 0 Å². The molecule has 0 atom stereocenters. The molecular formula is C19H10O4S. The molecule has 5 rings (SSSR count). The molecule has 5 heteroatoms. The van der Waals surface area contributed by atoms with Crippen molar-refractivity contribution in [2.45, 2.75) is 0 Å². The second-order valence-electron chi connectivity index (χ2n) is 5.66. The van der Waals surface area contributed by atoms with Gasteiger partial charge in [-0.3, -0.25) is 0 Å². The Labute approximate surface area is 138 Å². The van der Waals surface area contributed by atoms with Gasteiger partial charge in [-0.1, -0.05) is 6.07 Å². The predicted octanol–water partition coefficient (Wildman–Crippen LogP) is 4.12. The summed E-state index contributed by atoms with van der Waals surface area (Å²) in [4.78, 5) is 24.2. The van der Waals surface area contributed by atoms with Gasteiger partial charge in [-0.2, -0.15) is 0 Å². The number of benzene rings is 3. The standard InChI is InChI=1S/C19H10O4S/c1-22-9-2-6-14-13(8-9)10-3-4-11-16-12(19(21)23-18(11)20)5-7-15(24-14)17(10)16/h2-8H,1H3. The van der Waals surface area contributed by atoms with E-state index in [9.17, 15) is 9.59 Å². The van der Waals surface area contributed by atoms with Gasteiger partial charge in [0.25, 0.3) is 0 Å². The Bertz CT molecular complexity index is 1350. The Kier molecular flexibility index (Phi) is 2.56. The molecule has 4 nitrogen and oxygen atoms in total. The highest BCUT2D eigenvalue weighted by Crippen LogP contribution is 2.40. The van der Waals surface area contributed by atoms with Gasteiger partial charge < -0.3 is 9.15 Å². The van der Waals surface area contributed by atoms with Gasteiger partial charge in [-0.25, -0.2) is 9.59 Å². The molecule has 0 saturated heterocycles. The second-order valence-corrected chi connectivity index (χ2v) is 6.75. The van der Waals surface area contributed by atoms with Crippen molar-refractivity contribution < 1.29 is 9.15 Å². The molecule has 0 bridgehead atoms. The van der Waals surface area contributed by atoms with Gasteiger partial charge in [0.2, 0.25) is 0 Å². The number of fused-ring (bicyclic) bond motifs is 2. The Morgan fingerprint density at radius 1 is 0.792 bits per heavy atom. The zero-order chi connectivity index (χ0) is 16.4. The summed E-state index contributed by atoms with van der Waals surface area (Å²) >= 11 is 1.63. The lowest BCUT2D eigenvalue weighted by atomic mass is 9.98. The minimum Gasteiger partial charge on any atom is -0.497 e. The van der Waals surface area contributed by atoms with Gasteiger partial charge in [0.15, 0.2) is 0 Å². The van der Waals surface area contributed by atoms with Crippen molar-refractivity contribution in [2.24, 2.45) is 0 Å². The molecule has 0 unspecified atom stereocenters. The number of hydrogen-bond donors (Lipinski definition) is 0. The van der Waals surface area contributed by atoms with E-state index in [1.165, 1.54) is 0 Å². The third kappa shape index (κ3) is 1.62. The lowest BCUT2D eigenvalue weighted by Gasteiger charge is -2.11. The summed E-state index contributed by atoms with van der Waals surface area (Å²) in [5.41, 5.74) is -1.17. The third-order valence-corrected chi connectivity index (χ3v) is 5.58. The van der Waals surface area contributed by atoms with Crippen LogP contribution in [-0.2, 0) is 0 Å². The molecule has 2 heterocycles. The van der Waals surface area contributed by atoms with Gasteiger partial charge in [-0.15, -0.1) is 11.3 Å². The maximum Gasteiger partial charge on any atom is 0.346 e. The van der Waals surface area contributed by atoms with Crippen LogP contribution in [0.25, 0.3) is 41.7 Å². The Morgan fingerprint density at radius 2 is 1.46 bits per heavy atom. The largest absolute Gasteiger partial charge is 0.497 e. The van der Waals surface area contributed by atoms with Gasteiger partial charge in [-0.05, 0) is 41.8 Å². The summed E-state index contributed by atoms with van der Waals surface area (Å²) in [5, 5.41) is 4.55. The van der Waals surface area contributed by atoms with Crippen LogP contribution >= 0.6 is 11.3 Å². The zero-order valence-corrected chi connectivity index (χ0v) is 13.4. The molecule has 0 spiro atoms. The molecule has 3 aromatic carbocycles. The maximum absolute atomic E-state index is 12.1. The molecule has 116 valence electrons. The van der Waals surface area contributed by atoms with Crippen molar-refractivity contribution in [3.05, 3.63) is 63.3 Å². The topological polar surface area (TPSA) is 56.5 Å². The SMILES string of the molecule is COc1ccc2sc3ccc4c(=O)oc(=O)c5ccc(c2c1)c3c45. The minimum atomic E-state index is -0.586. The first kappa shape index (κ1) is 13.5. The molecule has 0 radical (unpaired) electrons. The molecular weight excluding hydrogens is 324 g/mol. The van der Waals surface area contributed by atoms with Crippen LogP contribution in [0.15, 0.2) is 56.5 Å². The van der Waals surface area contributed by atoms with Gasteiger partial charge in [0.1, 0.15) is 5.75 Å². The number of ether oxygens (including phenoxy) is 1. The quantitative estimate of drug-likeness (QED) is 0.342. The molecule has 2 aromatic heterocycles. The number of hydrogen-bond acceptors (Lipinski definition) is 5. The molecule has 24 heavy (non-hydrogen) atoms. The van der Waals surface area contributed by atoms with E-state index in [2.05, 4.69) is 0 Å². The van der Waals surface area contributed by atoms with Gasteiger partial charge in [0, 0.05) is 25.6 Å². The van der Waals surface area contributed by atoms with Crippen LogP contribution in [0.3, 0.4) is 0 Å². The fraction of sp³-hybridized carbons (Fsp3) is 0.0526. The van der Waals surface area contributed by atoms with Crippen molar-refractivity contribution >= 4 is 53.1 Å². The van der Waals surface area contributed by atoms with Crippen molar-refractivity contribution in [3.8, 4) is 5.75 Å². The number of methoxy groups -OCH3 is 1. The summed E-state index contributed by atoms with van der Waals surface area (Å²) in [6.07, 6.45) is 0. The van der Waals surface area contributed by atoms with E-state index in [4.69, 9.17) is 9.15 Å². The molecule has 5 aromatic rings. The smallest absolute Gasteiger partial charge is 0.346 e. The predicted molar refractivity (Wildman–Crippen MR) is 96.9 cm³/mol. The Balaban J connectivity index is 2.16. The van der Waals surface area contributed by atoms with Crippen molar-refractivity contribution in [1.29, 1.82) is 0 Å². The van der Waals surface area contributed by atoms with E-state index in [0.29, 0.717) is 16.2 Å². The normalized spacial score (nSPS) is 11.9. The highest BCUT2D eigenvalue weighted by Gasteiger charge is 2.16. The Hall–Kier alpha value is -2.92. The monoisotopic (exact) mass is 334 g/mol. The lowest BCUT2D eigenvalue weighted by Crippen LogP contribution is -2.12. The summed E-state index contributed by atoms with van der Waals surface area (Å²) < 4.78 is 12.3. The minimum absolute atomic E-state index is 0.442. The van der Waals surface area contributed by atoms with E-state index in [1.807, 2.05) is 30.3 Å². The fourth-order valence-corrected chi connectivity index (χ4v) is 4.46. The molecule has 0 saturated carbocycles. The van der Waals surface area contributed by atoms with E-state index in [1.54, 1.807) is 30.6 Å². The molecule has 0 aliphatic carbocycles. The molecule has 0 amide bonds. The van der Waals surface area contributed by atoms with Crippen LogP contribution in [-0.4, -0.2) is 7.11 Å². The lowest BCUT2D eigenvalue weighted by molar-refractivity contribution is 0.415. The van der Waals surface area contributed by atoms with Gasteiger partial charge in [0.05, 0.1) is 17.9 Å². The van der Waals surface area contributed by atoms with Crippen molar-refractivity contribution in [1.82, 2.24) is 0 Å². The maximum atomic E-state index is 12.1. The highest BCUT2D eigenvalue weighted by molar-refractivity contribution is 7.25. The average molecular weight is 334 g/mol. The molecule has 0 aliphatic rings. The van der Waals surface area contributed by atoms with Crippen LogP contribution in [0.5, 0.6) is 5.75 Å². The third-order valence-electron chi connectivity index (χ3n) is 4.44. The van der Waals surface area contributed by atoms with Crippen LogP contribution in [0.1, 0.15) is 0 Å². The fourth-order valence-electron chi connectivity index (χ4n) is 3.36. The molecule has 0 N–H and O–H groups in total. The van der Waals surface area contributed by atoms with Crippen molar-refractivity contribution in [3.63, 3.8) is 0 Å². The van der Waals surface area contributed by atoms with E-state index >= 15 is 0 Å². The first-order chi connectivity index (χ1) is 11.7. The van der Waals surface area contributed by atoms with Crippen molar-refractivity contribution in [2.75, 3.05) is 7.11 Å². The molecule has 0 fully saturated rings. The first-order valence-electron chi connectivity index (χ1n) is 7.40. The van der Waals surface area contributed by atoms with Gasteiger partial charge >= 0.3 is 11.3 Å². The van der Waals surface area contributed by atoms with E-state index < -0.39 is 11.3 Å². The summed E-state index contributed by atoms with van der Waals surface area (Å²) in [6, 6.07) is 13.2. The summed E-state index contributed by atoms with van der Waals surface area (Å²) in [7, 11) is 1.63. The van der Waals surface area contributed by atoms with Crippen LogP contribution in [0.2, 0.25) is 0 Å². The van der Waals surface area contributed by atoms with E-state index in [0.717, 1.165) is 31.3 Å². The Morgan fingerprint density at radius 3 is 2.21 bits per heavy atom. The summed E-state index contributed by atoms with van der Waals surface area (Å²) in [6.45, 7) is 0. The second kappa shape index (κ2) is 4.55.